The summed E-state index contributed by atoms with van der Waals surface area (Å²) < 4.78 is 16.4. The normalized spacial score (nSPS) is 16.9. The molecule has 0 N–H and O–H groups in total. The van der Waals surface area contributed by atoms with E-state index in [0.29, 0.717) is 23.7 Å². The van der Waals surface area contributed by atoms with Crippen molar-refractivity contribution in [3.8, 4) is 5.75 Å². The number of hydrogen-bond acceptors (Lipinski definition) is 5. The molecule has 0 radical (unpaired) electrons. The molecule has 0 spiro atoms. The monoisotopic (exact) mass is 326 g/mol. The Hall–Kier alpha value is -2.82. The van der Waals surface area contributed by atoms with Gasteiger partial charge in [0, 0.05) is 23.6 Å². The van der Waals surface area contributed by atoms with Gasteiger partial charge in [-0.2, -0.15) is 0 Å². The molecular formula is C19H18O5. The Morgan fingerprint density at radius 2 is 1.96 bits per heavy atom. The molecule has 0 saturated heterocycles. The zero-order valence-corrected chi connectivity index (χ0v) is 13.8. The predicted octanol–water partition coefficient (Wildman–Crippen LogP) is 3.38. The minimum atomic E-state index is -0.804. The van der Waals surface area contributed by atoms with E-state index in [4.69, 9.17) is 13.9 Å². The fraction of sp³-hybridized carbons (Fsp3) is 0.263. The highest BCUT2D eigenvalue weighted by Gasteiger charge is 2.35. The van der Waals surface area contributed by atoms with Gasteiger partial charge in [-0.05, 0) is 50.6 Å². The SMILES string of the molecule is C/C(=C/COc1ccc2ccc(=O)oc2c1)C1=CC(=O)C(C)(C)O1. The summed E-state index contributed by atoms with van der Waals surface area (Å²) in [4.78, 5) is 23.0. The van der Waals surface area contributed by atoms with E-state index in [1.165, 1.54) is 12.1 Å². The molecule has 0 atom stereocenters. The van der Waals surface area contributed by atoms with Crippen LogP contribution >= 0.6 is 0 Å². The van der Waals surface area contributed by atoms with Gasteiger partial charge in [-0.15, -0.1) is 0 Å². The van der Waals surface area contributed by atoms with Crippen LogP contribution in [0.15, 0.2) is 63.0 Å². The first-order valence-corrected chi connectivity index (χ1v) is 7.64. The zero-order chi connectivity index (χ0) is 17.3. The van der Waals surface area contributed by atoms with Crippen molar-refractivity contribution in [2.45, 2.75) is 26.4 Å². The number of ether oxygens (including phenoxy) is 2. The highest BCUT2D eigenvalue weighted by Crippen LogP contribution is 2.28. The quantitative estimate of drug-likeness (QED) is 0.806. The van der Waals surface area contributed by atoms with Gasteiger partial charge in [0.05, 0.1) is 0 Å². The second-order valence-corrected chi connectivity index (χ2v) is 6.14. The van der Waals surface area contributed by atoms with Crippen LogP contribution in [-0.2, 0) is 9.53 Å². The maximum atomic E-state index is 11.8. The van der Waals surface area contributed by atoms with E-state index in [0.717, 1.165) is 11.0 Å². The smallest absolute Gasteiger partial charge is 0.336 e. The number of fused-ring (bicyclic) bond motifs is 1. The number of carbonyl (C=O) groups excluding carboxylic acids is 1. The van der Waals surface area contributed by atoms with E-state index in [-0.39, 0.29) is 5.78 Å². The van der Waals surface area contributed by atoms with Gasteiger partial charge < -0.3 is 13.9 Å². The van der Waals surface area contributed by atoms with Gasteiger partial charge >= 0.3 is 5.63 Å². The molecule has 0 unspecified atom stereocenters. The number of carbonyl (C=O) groups is 1. The van der Waals surface area contributed by atoms with Gasteiger partial charge in [-0.1, -0.05) is 0 Å². The summed E-state index contributed by atoms with van der Waals surface area (Å²) in [6.07, 6.45) is 3.35. The van der Waals surface area contributed by atoms with Gasteiger partial charge in [0.15, 0.2) is 5.60 Å². The molecule has 24 heavy (non-hydrogen) atoms. The maximum absolute atomic E-state index is 11.8. The molecular weight excluding hydrogens is 308 g/mol. The minimum absolute atomic E-state index is 0.0456. The topological polar surface area (TPSA) is 65.7 Å². The van der Waals surface area contributed by atoms with E-state index in [1.54, 1.807) is 26.0 Å². The number of hydrogen-bond donors (Lipinski definition) is 0. The molecule has 124 valence electrons. The third-order valence-electron chi connectivity index (χ3n) is 3.84. The van der Waals surface area contributed by atoms with E-state index in [9.17, 15) is 9.59 Å². The van der Waals surface area contributed by atoms with Crippen LogP contribution in [0.4, 0.5) is 0 Å². The molecule has 2 heterocycles. The Morgan fingerprint density at radius 1 is 1.21 bits per heavy atom. The fourth-order valence-corrected chi connectivity index (χ4v) is 2.34. The Balaban J connectivity index is 1.69. The first-order chi connectivity index (χ1) is 11.3. The second-order valence-electron chi connectivity index (χ2n) is 6.14. The van der Waals surface area contributed by atoms with Gasteiger partial charge in [0.1, 0.15) is 23.7 Å². The zero-order valence-electron chi connectivity index (χ0n) is 13.8. The molecule has 5 nitrogen and oxygen atoms in total. The lowest BCUT2D eigenvalue weighted by molar-refractivity contribution is -0.126. The van der Waals surface area contributed by atoms with Crippen molar-refractivity contribution in [1.82, 2.24) is 0 Å². The lowest BCUT2D eigenvalue weighted by Gasteiger charge is -2.18. The molecule has 0 amide bonds. The standard InChI is InChI=1S/C19H18O5/c1-12(15-11-17(20)19(2,3)24-15)8-9-22-14-6-4-13-5-7-18(21)23-16(13)10-14/h4-8,10-11H,9H2,1-3H3/b12-8-. The first kappa shape index (κ1) is 16.1. The summed E-state index contributed by atoms with van der Waals surface area (Å²) in [6, 6.07) is 8.40. The van der Waals surface area contributed by atoms with Crippen LogP contribution in [0.2, 0.25) is 0 Å². The van der Waals surface area contributed by atoms with Crippen LogP contribution in [-0.4, -0.2) is 18.0 Å². The molecule has 0 fully saturated rings. The molecule has 0 saturated carbocycles. The third-order valence-corrected chi connectivity index (χ3v) is 3.84. The molecule has 2 aromatic rings. The Labute approximate surface area is 139 Å². The molecule has 0 bridgehead atoms. The summed E-state index contributed by atoms with van der Waals surface area (Å²) in [5.74, 6) is 1.12. The molecule has 3 rings (SSSR count). The first-order valence-electron chi connectivity index (χ1n) is 7.64. The molecule has 1 aromatic carbocycles. The third kappa shape index (κ3) is 3.25. The Kier molecular flexibility index (Phi) is 4.01. The fourth-order valence-electron chi connectivity index (χ4n) is 2.34. The van der Waals surface area contributed by atoms with E-state index < -0.39 is 11.2 Å². The lowest BCUT2D eigenvalue weighted by atomic mass is 10.1. The average molecular weight is 326 g/mol. The van der Waals surface area contributed by atoms with Gasteiger partial charge in [-0.25, -0.2) is 4.79 Å². The van der Waals surface area contributed by atoms with Crippen molar-refractivity contribution >= 4 is 16.8 Å². The highest BCUT2D eigenvalue weighted by atomic mass is 16.5. The minimum Gasteiger partial charge on any atom is -0.489 e. The number of ketones is 1. The summed E-state index contributed by atoms with van der Waals surface area (Å²) in [7, 11) is 0. The lowest BCUT2D eigenvalue weighted by Crippen LogP contribution is -2.27. The van der Waals surface area contributed by atoms with Gasteiger partial charge in [-0.3, -0.25) is 4.79 Å². The van der Waals surface area contributed by atoms with Crippen molar-refractivity contribution in [3.63, 3.8) is 0 Å². The van der Waals surface area contributed by atoms with Crippen molar-refractivity contribution in [1.29, 1.82) is 0 Å². The van der Waals surface area contributed by atoms with Crippen molar-refractivity contribution in [2.75, 3.05) is 6.61 Å². The van der Waals surface area contributed by atoms with Crippen molar-refractivity contribution in [2.24, 2.45) is 0 Å². The van der Waals surface area contributed by atoms with Crippen LogP contribution in [0, 0.1) is 0 Å². The maximum Gasteiger partial charge on any atom is 0.336 e. The number of allylic oxidation sites excluding steroid dienone is 1. The van der Waals surface area contributed by atoms with Gasteiger partial charge in [0.2, 0.25) is 5.78 Å². The molecule has 5 heteroatoms. The average Bonchev–Trinajstić information content (AvgIpc) is 2.80. The van der Waals surface area contributed by atoms with Gasteiger partial charge in [0.25, 0.3) is 0 Å². The number of benzene rings is 1. The largest absolute Gasteiger partial charge is 0.489 e. The second kappa shape index (κ2) is 6.00. The van der Waals surface area contributed by atoms with Crippen LogP contribution < -0.4 is 10.4 Å². The molecule has 0 aliphatic carbocycles. The summed E-state index contributed by atoms with van der Waals surface area (Å²) in [5, 5.41) is 0.832. The van der Waals surface area contributed by atoms with E-state index in [2.05, 4.69) is 0 Å². The van der Waals surface area contributed by atoms with E-state index >= 15 is 0 Å². The Morgan fingerprint density at radius 3 is 2.67 bits per heavy atom. The molecule has 1 aliphatic heterocycles. The molecule has 1 aliphatic rings. The Bertz CT molecular complexity index is 915. The predicted molar refractivity (Wildman–Crippen MR) is 90.0 cm³/mol. The van der Waals surface area contributed by atoms with Crippen LogP contribution in [0.3, 0.4) is 0 Å². The highest BCUT2D eigenvalue weighted by molar-refractivity contribution is 5.99. The summed E-state index contributed by atoms with van der Waals surface area (Å²) in [6.45, 7) is 5.66. The van der Waals surface area contributed by atoms with Crippen molar-refractivity contribution < 1.29 is 18.7 Å². The van der Waals surface area contributed by atoms with Crippen LogP contribution in [0.1, 0.15) is 20.8 Å². The van der Waals surface area contributed by atoms with E-state index in [1.807, 2.05) is 25.1 Å². The van der Waals surface area contributed by atoms with Crippen LogP contribution in [0.25, 0.3) is 11.0 Å². The summed E-state index contributed by atoms with van der Waals surface area (Å²) >= 11 is 0. The van der Waals surface area contributed by atoms with Crippen LogP contribution in [0.5, 0.6) is 5.75 Å². The van der Waals surface area contributed by atoms with Crippen molar-refractivity contribution in [3.05, 3.63) is 64.2 Å². The number of rotatable bonds is 4. The summed E-state index contributed by atoms with van der Waals surface area (Å²) in [5.41, 5.74) is 0.116. The molecule has 1 aromatic heterocycles.